The lowest BCUT2D eigenvalue weighted by Crippen LogP contribution is -2.45. The maximum atomic E-state index is 12.4. The van der Waals surface area contributed by atoms with E-state index in [-0.39, 0.29) is 5.41 Å². The number of anilines is 1. The molecule has 1 aromatic carbocycles. The highest BCUT2D eigenvalue weighted by atomic mass is 35.5. The predicted octanol–water partition coefficient (Wildman–Crippen LogP) is 4.74. The van der Waals surface area contributed by atoms with E-state index >= 15 is 0 Å². The quantitative estimate of drug-likeness (QED) is 0.717. The molecular weight excluding hydrogens is 320 g/mol. The topological polar surface area (TPSA) is 23.6 Å². The normalized spacial score (nSPS) is 23.9. The molecule has 2 aliphatic rings. The van der Waals surface area contributed by atoms with Crippen molar-refractivity contribution < 1.29 is 4.79 Å². The number of hydrogen-bond acceptors (Lipinski definition) is 2. The lowest BCUT2D eigenvalue weighted by molar-refractivity contribution is -0.130. The van der Waals surface area contributed by atoms with Crippen molar-refractivity contribution in [1.29, 1.82) is 0 Å². The van der Waals surface area contributed by atoms with Gasteiger partial charge in [0.2, 0.25) is 5.91 Å². The van der Waals surface area contributed by atoms with Crippen LogP contribution in [0, 0.1) is 5.41 Å². The summed E-state index contributed by atoms with van der Waals surface area (Å²) in [5, 5.41) is 0.787. The Morgan fingerprint density at radius 1 is 1.12 bits per heavy atom. The van der Waals surface area contributed by atoms with E-state index in [0.717, 1.165) is 56.9 Å². The van der Waals surface area contributed by atoms with Crippen molar-refractivity contribution in [3.63, 3.8) is 0 Å². The Balaban J connectivity index is 1.60. The van der Waals surface area contributed by atoms with Crippen LogP contribution in [-0.4, -0.2) is 37.0 Å². The Hall–Kier alpha value is -1.22. The average molecular weight is 349 g/mol. The summed E-state index contributed by atoms with van der Waals surface area (Å²) in [4.78, 5) is 17.0. The number of unbranched alkanes of at least 4 members (excludes halogenated alkanes) is 2. The standard InChI is InChI=1S/C20H29ClN2O/c1-2-3-4-6-19(24)23-14-12-20(16-23)11-5-13-22(15-20)18-9-7-17(21)8-10-18/h7-10H,2-6,11-16H2,1H3. The molecule has 0 aliphatic carbocycles. The van der Waals surface area contributed by atoms with E-state index in [1.807, 2.05) is 12.1 Å². The lowest BCUT2D eigenvalue weighted by atomic mass is 9.79. The van der Waals surface area contributed by atoms with Gasteiger partial charge < -0.3 is 9.80 Å². The first-order chi connectivity index (χ1) is 11.6. The van der Waals surface area contributed by atoms with Gasteiger partial charge in [-0.25, -0.2) is 0 Å². The highest BCUT2D eigenvalue weighted by Crippen LogP contribution is 2.40. The van der Waals surface area contributed by atoms with Crippen LogP contribution in [0.25, 0.3) is 0 Å². The number of carbonyl (C=O) groups excluding carboxylic acids is 1. The maximum absolute atomic E-state index is 12.4. The molecule has 1 atom stereocenters. The van der Waals surface area contributed by atoms with E-state index < -0.39 is 0 Å². The summed E-state index contributed by atoms with van der Waals surface area (Å²) in [5.41, 5.74) is 1.55. The van der Waals surface area contributed by atoms with Gasteiger partial charge >= 0.3 is 0 Å². The van der Waals surface area contributed by atoms with Gasteiger partial charge in [-0.2, -0.15) is 0 Å². The third-order valence-corrected chi connectivity index (χ3v) is 5.89. The van der Waals surface area contributed by atoms with Crippen molar-refractivity contribution in [2.24, 2.45) is 5.41 Å². The monoisotopic (exact) mass is 348 g/mol. The van der Waals surface area contributed by atoms with Crippen molar-refractivity contribution >= 4 is 23.2 Å². The Morgan fingerprint density at radius 3 is 2.67 bits per heavy atom. The maximum Gasteiger partial charge on any atom is 0.222 e. The van der Waals surface area contributed by atoms with E-state index in [1.54, 1.807) is 0 Å². The average Bonchev–Trinajstić information content (AvgIpc) is 2.99. The van der Waals surface area contributed by atoms with Gasteiger partial charge in [0.1, 0.15) is 0 Å². The van der Waals surface area contributed by atoms with Crippen LogP contribution < -0.4 is 4.90 Å². The van der Waals surface area contributed by atoms with Crippen LogP contribution in [0.15, 0.2) is 24.3 Å². The number of carbonyl (C=O) groups is 1. The minimum Gasteiger partial charge on any atom is -0.371 e. The van der Waals surface area contributed by atoms with Crippen molar-refractivity contribution in [1.82, 2.24) is 4.90 Å². The molecule has 0 radical (unpaired) electrons. The molecular formula is C20H29ClN2O. The molecule has 4 heteroatoms. The van der Waals surface area contributed by atoms with Crippen LogP contribution in [0.1, 0.15) is 51.9 Å². The molecule has 1 unspecified atom stereocenters. The van der Waals surface area contributed by atoms with Gasteiger partial charge in [-0.3, -0.25) is 4.79 Å². The predicted molar refractivity (Wildman–Crippen MR) is 101 cm³/mol. The number of nitrogens with zero attached hydrogens (tertiary/aromatic N) is 2. The second-order valence-corrected chi connectivity index (χ2v) is 7.96. The molecule has 0 N–H and O–H groups in total. The van der Waals surface area contributed by atoms with E-state index in [0.29, 0.717) is 5.91 Å². The van der Waals surface area contributed by atoms with Crippen LogP contribution in [0.2, 0.25) is 5.02 Å². The van der Waals surface area contributed by atoms with Crippen molar-refractivity contribution in [2.75, 3.05) is 31.1 Å². The fourth-order valence-corrected chi connectivity index (χ4v) is 4.37. The summed E-state index contributed by atoms with van der Waals surface area (Å²) in [7, 11) is 0. The van der Waals surface area contributed by atoms with Crippen LogP contribution in [-0.2, 0) is 4.79 Å². The highest BCUT2D eigenvalue weighted by molar-refractivity contribution is 6.30. The zero-order valence-electron chi connectivity index (χ0n) is 14.8. The smallest absolute Gasteiger partial charge is 0.222 e. The fraction of sp³-hybridized carbons (Fsp3) is 0.650. The first-order valence-corrected chi connectivity index (χ1v) is 9.78. The molecule has 1 amide bonds. The third kappa shape index (κ3) is 4.05. The molecule has 2 fully saturated rings. The van der Waals surface area contributed by atoms with E-state index in [4.69, 9.17) is 11.6 Å². The van der Waals surface area contributed by atoms with E-state index in [2.05, 4.69) is 28.9 Å². The molecule has 0 saturated carbocycles. The highest BCUT2D eigenvalue weighted by Gasteiger charge is 2.42. The van der Waals surface area contributed by atoms with Gasteiger partial charge in [0.25, 0.3) is 0 Å². The number of halogens is 1. The number of piperidine rings is 1. The fourth-order valence-electron chi connectivity index (χ4n) is 4.25. The minimum atomic E-state index is 0.290. The van der Waals surface area contributed by atoms with Crippen LogP contribution >= 0.6 is 11.6 Å². The molecule has 0 bridgehead atoms. The van der Waals surface area contributed by atoms with Gasteiger partial charge in [-0.05, 0) is 49.9 Å². The van der Waals surface area contributed by atoms with Gasteiger partial charge in [-0.15, -0.1) is 0 Å². The van der Waals surface area contributed by atoms with Crippen molar-refractivity contribution in [3.8, 4) is 0 Å². The van der Waals surface area contributed by atoms with Crippen LogP contribution in [0.4, 0.5) is 5.69 Å². The molecule has 2 aliphatic heterocycles. The zero-order valence-corrected chi connectivity index (χ0v) is 15.5. The number of hydrogen-bond donors (Lipinski definition) is 0. The first kappa shape index (κ1) is 17.6. The largest absolute Gasteiger partial charge is 0.371 e. The van der Waals surface area contributed by atoms with Crippen molar-refractivity contribution in [3.05, 3.63) is 29.3 Å². The molecule has 3 nitrogen and oxygen atoms in total. The second-order valence-electron chi connectivity index (χ2n) is 7.52. The molecule has 0 aromatic heterocycles. The summed E-state index contributed by atoms with van der Waals surface area (Å²) in [5.74, 6) is 0.365. The lowest BCUT2D eigenvalue weighted by Gasteiger charge is -2.41. The number of rotatable bonds is 5. The summed E-state index contributed by atoms with van der Waals surface area (Å²) in [6.07, 6.45) is 7.70. The zero-order chi connectivity index (χ0) is 17.0. The number of likely N-dealkylation sites (tertiary alicyclic amines) is 1. The third-order valence-electron chi connectivity index (χ3n) is 5.64. The number of amides is 1. The number of benzene rings is 1. The molecule has 3 rings (SSSR count). The summed E-state index contributed by atoms with van der Waals surface area (Å²) in [6, 6.07) is 8.17. The Morgan fingerprint density at radius 2 is 1.92 bits per heavy atom. The Bertz CT molecular complexity index is 559. The van der Waals surface area contributed by atoms with E-state index in [9.17, 15) is 4.79 Å². The summed E-state index contributed by atoms with van der Waals surface area (Å²) in [6.45, 7) is 6.24. The van der Waals surface area contributed by atoms with E-state index in [1.165, 1.54) is 24.9 Å². The molecule has 1 spiro atoms. The van der Waals surface area contributed by atoms with Crippen molar-refractivity contribution in [2.45, 2.75) is 51.9 Å². The first-order valence-electron chi connectivity index (χ1n) is 9.40. The van der Waals surface area contributed by atoms with Gasteiger partial charge in [0.15, 0.2) is 0 Å². The second kappa shape index (κ2) is 7.77. The molecule has 2 saturated heterocycles. The Labute approximate surface area is 151 Å². The molecule has 2 heterocycles. The molecule has 132 valence electrons. The van der Waals surface area contributed by atoms with Gasteiger partial charge in [0.05, 0.1) is 0 Å². The SMILES string of the molecule is CCCCCC(=O)N1CCC2(CCCN(c3ccc(Cl)cc3)C2)C1. The summed E-state index contributed by atoms with van der Waals surface area (Å²) < 4.78 is 0. The molecule has 24 heavy (non-hydrogen) atoms. The Kier molecular flexibility index (Phi) is 5.70. The molecule has 1 aromatic rings. The van der Waals surface area contributed by atoms with Crippen LogP contribution in [0.5, 0.6) is 0 Å². The van der Waals surface area contributed by atoms with Gasteiger partial charge in [-0.1, -0.05) is 31.4 Å². The minimum absolute atomic E-state index is 0.290. The van der Waals surface area contributed by atoms with Gasteiger partial charge in [0, 0.05) is 48.7 Å². The van der Waals surface area contributed by atoms with Crippen LogP contribution in [0.3, 0.4) is 0 Å². The summed E-state index contributed by atoms with van der Waals surface area (Å²) >= 11 is 6.01.